The average molecular weight is 267 g/mol. The molecule has 3 rings (SSSR count). The van der Waals surface area contributed by atoms with Crippen molar-refractivity contribution in [2.24, 2.45) is 0 Å². The summed E-state index contributed by atoms with van der Waals surface area (Å²) in [7, 11) is 0. The highest BCUT2D eigenvalue weighted by Crippen LogP contribution is 2.33. The van der Waals surface area contributed by atoms with Crippen LogP contribution in [0.15, 0.2) is 6.20 Å². The van der Waals surface area contributed by atoms with Crippen molar-refractivity contribution >= 4 is 16.5 Å². The summed E-state index contributed by atoms with van der Waals surface area (Å²) in [6.45, 7) is 7.36. The fourth-order valence-corrected chi connectivity index (χ4v) is 3.76. The Balaban J connectivity index is 1.69. The van der Waals surface area contributed by atoms with Crippen LogP contribution >= 0.6 is 11.3 Å². The van der Waals surface area contributed by atoms with Crippen molar-refractivity contribution in [3.63, 3.8) is 0 Å². The Morgan fingerprint density at radius 1 is 1.50 bits per heavy atom. The lowest BCUT2D eigenvalue weighted by molar-refractivity contribution is 0.0305. The monoisotopic (exact) mass is 267 g/mol. The number of rotatable bonds is 4. The van der Waals surface area contributed by atoms with Gasteiger partial charge in [0.25, 0.3) is 0 Å². The van der Waals surface area contributed by atoms with Crippen molar-refractivity contribution in [2.45, 2.75) is 44.9 Å². The molecule has 1 aromatic rings. The molecule has 0 amide bonds. The number of nitrogens with one attached hydrogen (secondary N) is 1. The van der Waals surface area contributed by atoms with Gasteiger partial charge < -0.3 is 15.0 Å². The van der Waals surface area contributed by atoms with Crippen LogP contribution in [0.1, 0.15) is 37.6 Å². The summed E-state index contributed by atoms with van der Waals surface area (Å²) in [4.78, 5) is 8.31. The summed E-state index contributed by atoms with van der Waals surface area (Å²) >= 11 is 1.82. The maximum Gasteiger partial charge on any atom is 0.185 e. The number of fused-ring (bicyclic) bond motifs is 2. The Morgan fingerprint density at radius 2 is 2.22 bits per heavy atom. The lowest BCUT2D eigenvalue weighted by atomic mass is 10.2. The largest absolute Gasteiger partial charge is 0.371 e. The fraction of sp³-hybridized carbons (Fsp3) is 0.769. The van der Waals surface area contributed by atoms with Crippen LogP contribution in [0.2, 0.25) is 0 Å². The minimum Gasteiger partial charge on any atom is -0.371 e. The van der Waals surface area contributed by atoms with Crippen molar-refractivity contribution < 1.29 is 4.74 Å². The van der Waals surface area contributed by atoms with Crippen LogP contribution in [0.3, 0.4) is 0 Å². The van der Waals surface area contributed by atoms with E-state index in [9.17, 15) is 0 Å². The average Bonchev–Trinajstić information content (AvgIpc) is 2.97. The fourth-order valence-electron chi connectivity index (χ4n) is 2.80. The quantitative estimate of drug-likeness (QED) is 0.907. The molecule has 1 aromatic heterocycles. The molecule has 2 bridgehead atoms. The Labute approximate surface area is 112 Å². The third-order valence-electron chi connectivity index (χ3n) is 3.76. The second-order valence-electron chi connectivity index (χ2n) is 5.19. The van der Waals surface area contributed by atoms with Gasteiger partial charge >= 0.3 is 0 Å². The van der Waals surface area contributed by atoms with Gasteiger partial charge in [-0.15, -0.1) is 11.3 Å². The first-order valence-electron chi connectivity index (χ1n) is 6.85. The van der Waals surface area contributed by atoms with E-state index < -0.39 is 0 Å². The molecule has 2 fully saturated rings. The molecule has 2 saturated heterocycles. The third kappa shape index (κ3) is 2.39. The summed E-state index contributed by atoms with van der Waals surface area (Å²) < 4.78 is 5.86. The third-order valence-corrected chi connectivity index (χ3v) is 5.00. The second-order valence-corrected chi connectivity index (χ2v) is 6.23. The van der Waals surface area contributed by atoms with Gasteiger partial charge in [-0.3, -0.25) is 0 Å². The predicted octanol–water partition coefficient (Wildman–Crippen LogP) is 2.18. The molecule has 0 radical (unpaired) electrons. The molecule has 4 nitrogen and oxygen atoms in total. The highest BCUT2D eigenvalue weighted by Gasteiger charge is 2.34. The van der Waals surface area contributed by atoms with Gasteiger partial charge in [0.1, 0.15) is 0 Å². The molecule has 5 heteroatoms. The van der Waals surface area contributed by atoms with Gasteiger partial charge in [0.15, 0.2) is 5.13 Å². The standard InChI is InChI=1S/C13H21N3OS/c1-3-14-9(2)12-6-15-13(18-12)16-7-10-4-5-11(8-16)17-10/h6,9-11,14H,3-5,7-8H2,1-2H3. The molecule has 100 valence electrons. The van der Waals surface area contributed by atoms with E-state index in [-0.39, 0.29) is 0 Å². The SMILES string of the molecule is CCNC(C)c1cnc(N2CC3CCC(C2)O3)s1. The van der Waals surface area contributed by atoms with Crippen LogP contribution in [-0.4, -0.2) is 36.8 Å². The number of hydrogen-bond donors (Lipinski definition) is 1. The molecule has 3 atom stereocenters. The summed E-state index contributed by atoms with van der Waals surface area (Å²) in [6.07, 6.45) is 5.31. The number of ether oxygens (including phenoxy) is 1. The molecular formula is C13H21N3OS. The first kappa shape index (κ1) is 12.4. The number of thiazole rings is 1. The lowest BCUT2D eigenvalue weighted by Crippen LogP contribution is -2.42. The van der Waals surface area contributed by atoms with Gasteiger partial charge in [0.05, 0.1) is 12.2 Å². The minimum absolute atomic E-state index is 0.402. The van der Waals surface area contributed by atoms with E-state index in [1.165, 1.54) is 17.7 Å². The van der Waals surface area contributed by atoms with Gasteiger partial charge in [-0.05, 0) is 26.3 Å². The predicted molar refractivity (Wildman–Crippen MR) is 74.3 cm³/mol. The van der Waals surface area contributed by atoms with E-state index in [2.05, 4.69) is 29.0 Å². The van der Waals surface area contributed by atoms with Crippen molar-refractivity contribution in [2.75, 3.05) is 24.5 Å². The van der Waals surface area contributed by atoms with Crippen molar-refractivity contribution in [1.82, 2.24) is 10.3 Å². The molecular weight excluding hydrogens is 246 g/mol. The highest BCUT2D eigenvalue weighted by molar-refractivity contribution is 7.15. The van der Waals surface area contributed by atoms with E-state index in [0.717, 1.165) is 24.8 Å². The Hall–Kier alpha value is -0.650. The van der Waals surface area contributed by atoms with Crippen LogP contribution < -0.4 is 10.2 Å². The maximum absolute atomic E-state index is 5.86. The minimum atomic E-state index is 0.402. The Bertz CT molecular complexity index is 397. The van der Waals surface area contributed by atoms with Crippen molar-refractivity contribution in [3.8, 4) is 0 Å². The normalized spacial score (nSPS) is 28.7. The zero-order chi connectivity index (χ0) is 12.5. The molecule has 3 heterocycles. The summed E-state index contributed by atoms with van der Waals surface area (Å²) in [6, 6.07) is 0.402. The highest BCUT2D eigenvalue weighted by atomic mass is 32.1. The van der Waals surface area contributed by atoms with E-state index in [1.807, 2.05) is 17.5 Å². The molecule has 0 spiro atoms. The van der Waals surface area contributed by atoms with Crippen molar-refractivity contribution in [1.29, 1.82) is 0 Å². The number of anilines is 1. The summed E-state index contributed by atoms with van der Waals surface area (Å²) in [5.74, 6) is 0. The number of hydrogen-bond acceptors (Lipinski definition) is 5. The first-order chi connectivity index (χ1) is 8.76. The van der Waals surface area contributed by atoms with Crippen LogP contribution in [0.25, 0.3) is 0 Å². The molecule has 2 aliphatic rings. The first-order valence-corrected chi connectivity index (χ1v) is 7.67. The number of nitrogens with zero attached hydrogens (tertiary/aromatic N) is 2. The molecule has 18 heavy (non-hydrogen) atoms. The maximum atomic E-state index is 5.86. The van der Waals surface area contributed by atoms with Crippen molar-refractivity contribution in [3.05, 3.63) is 11.1 Å². The molecule has 0 aliphatic carbocycles. The molecule has 1 N–H and O–H groups in total. The van der Waals surface area contributed by atoms with E-state index in [1.54, 1.807) is 0 Å². The van der Waals surface area contributed by atoms with Gasteiger partial charge in [0, 0.05) is 30.2 Å². The van der Waals surface area contributed by atoms with Gasteiger partial charge in [0.2, 0.25) is 0 Å². The zero-order valence-electron chi connectivity index (χ0n) is 11.1. The van der Waals surface area contributed by atoms with Gasteiger partial charge in [-0.2, -0.15) is 0 Å². The summed E-state index contributed by atoms with van der Waals surface area (Å²) in [5.41, 5.74) is 0. The smallest absolute Gasteiger partial charge is 0.185 e. The molecule has 2 aliphatic heterocycles. The second kappa shape index (κ2) is 5.15. The Morgan fingerprint density at radius 3 is 2.89 bits per heavy atom. The molecule has 3 unspecified atom stereocenters. The summed E-state index contributed by atoms with van der Waals surface area (Å²) in [5, 5.41) is 4.60. The van der Waals surface area contributed by atoms with Crippen LogP contribution in [0, 0.1) is 0 Å². The number of aromatic nitrogens is 1. The van der Waals surface area contributed by atoms with E-state index in [0.29, 0.717) is 18.2 Å². The lowest BCUT2D eigenvalue weighted by Gasteiger charge is -2.31. The van der Waals surface area contributed by atoms with E-state index in [4.69, 9.17) is 4.74 Å². The van der Waals surface area contributed by atoms with Crippen LogP contribution in [-0.2, 0) is 4.74 Å². The van der Waals surface area contributed by atoms with Crippen LogP contribution in [0.4, 0.5) is 5.13 Å². The van der Waals surface area contributed by atoms with Gasteiger partial charge in [-0.1, -0.05) is 6.92 Å². The Kier molecular flexibility index (Phi) is 3.54. The molecule has 0 aromatic carbocycles. The zero-order valence-corrected chi connectivity index (χ0v) is 11.9. The van der Waals surface area contributed by atoms with E-state index >= 15 is 0 Å². The van der Waals surface area contributed by atoms with Crippen LogP contribution in [0.5, 0.6) is 0 Å². The molecule has 0 saturated carbocycles. The topological polar surface area (TPSA) is 37.4 Å². The number of morpholine rings is 1. The van der Waals surface area contributed by atoms with Gasteiger partial charge in [-0.25, -0.2) is 4.98 Å².